The lowest BCUT2D eigenvalue weighted by molar-refractivity contribution is 0.467. The fraction of sp³-hybridized carbons (Fsp3) is 0. The molecule has 2 nitrogen and oxygen atoms in total. The molecule has 17 heavy (non-hydrogen) atoms. The summed E-state index contributed by atoms with van der Waals surface area (Å²) in [5, 5.41) is 8.83. The van der Waals surface area contributed by atoms with Crippen LogP contribution < -0.4 is 4.74 Å². The quantitative estimate of drug-likeness (QED) is 0.790. The van der Waals surface area contributed by atoms with Gasteiger partial charge in [0.15, 0.2) is 0 Å². The Morgan fingerprint density at radius 1 is 1.00 bits per heavy atom. The molecule has 0 aromatic heterocycles. The molecule has 0 saturated carbocycles. The summed E-state index contributed by atoms with van der Waals surface area (Å²) in [6.07, 6.45) is 0. The molecule has 0 unspecified atom stereocenters. The summed E-state index contributed by atoms with van der Waals surface area (Å²) < 4.78 is 31.1. The van der Waals surface area contributed by atoms with Crippen LogP contribution in [-0.4, -0.2) is 0 Å². The summed E-state index contributed by atoms with van der Waals surface area (Å²) in [5.74, 6) is -1.17. The molecular weight excluding hydrogens is 224 g/mol. The van der Waals surface area contributed by atoms with Gasteiger partial charge in [-0.05, 0) is 12.1 Å². The number of ether oxygens (including phenoxy) is 1. The third kappa shape index (κ3) is 2.58. The fourth-order valence-electron chi connectivity index (χ4n) is 1.36. The van der Waals surface area contributed by atoms with Crippen LogP contribution in [0.15, 0.2) is 42.5 Å². The second kappa shape index (κ2) is 4.62. The van der Waals surface area contributed by atoms with E-state index in [1.807, 2.05) is 6.07 Å². The van der Waals surface area contributed by atoms with Crippen LogP contribution in [0.4, 0.5) is 8.78 Å². The lowest BCUT2D eigenvalue weighted by Crippen LogP contribution is -1.90. The van der Waals surface area contributed by atoms with E-state index in [2.05, 4.69) is 0 Å². The van der Waals surface area contributed by atoms with Crippen molar-refractivity contribution in [1.29, 1.82) is 5.26 Å². The largest absolute Gasteiger partial charge is 0.456 e. The summed E-state index contributed by atoms with van der Waals surface area (Å²) >= 11 is 0. The third-order valence-corrected chi connectivity index (χ3v) is 2.07. The summed E-state index contributed by atoms with van der Waals surface area (Å²) in [6, 6.07) is 11.3. The van der Waals surface area contributed by atoms with Gasteiger partial charge < -0.3 is 4.74 Å². The highest BCUT2D eigenvalue weighted by atomic mass is 19.1. The van der Waals surface area contributed by atoms with Crippen molar-refractivity contribution < 1.29 is 13.5 Å². The molecule has 0 bridgehead atoms. The highest BCUT2D eigenvalue weighted by Gasteiger charge is 2.06. The summed E-state index contributed by atoms with van der Waals surface area (Å²) in [7, 11) is 0. The second-order valence-electron chi connectivity index (χ2n) is 3.32. The molecular formula is C13H7F2NO. The van der Waals surface area contributed by atoms with E-state index in [0.717, 1.165) is 18.2 Å². The molecule has 0 aliphatic carbocycles. The SMILES string of the molecule is N#Cc1ccccc1Oc1cc(F)cc(F)c1. The lowest BCUT2D eigenvalue weighted by atomic mass is 10.2. The Labute approximate surface area is 96.7 Å². The van der Waals surface area contributed by atoms with Crippen LogP contribution in [0.3, 0.4) is 0 Å². The van der Waals surface area contributed by atoms with E-state index in [9.17, 15) is 8.78 Å². The monoisotopic (exact) mass is 231 g/mol. The molecule has 2 rings (SSSR count). The minimum Gasteiger partial charge on any atom is -0.456 e. The molecule has 0 spiro atoms. The highest BCUT2D eigenvalue weighted by molar-refractivity contribution is 5.45. The van der Waals surface area contributed by atoms with Gasteiger partial charge in [-0.2, -0.15) is 5.26 Å². The third-order valence-electron chi connectivity index (χ3n) is 2.07. The normalized spacial score (nSPS) is 9.71. The molecule has 2 aromatic carbocycles. The van der Waals surface area contributed by atoms with Gasteiger partial charge in [-0.1, -0.05) is 12.1 Å². The molecule has 0 aliphatic heterocycles. The zero-order valence-corrected chi connectivity index (χ0v) is 8.65. The Bertz CT molecular complexity index is 570. The van der Waals surface area contributed by atoms with Crippen LogP contribution in [0.1, 0.15) is 5.56 Å². The zero-order chi connectivity index (χ0) is 12.3. The van der Waals surface area contributed by atoms with Gasteiger partial charge in [0.25, 0.3) is 0 Å². The Balaban J connectivity index is 2.35. The first-order chi connectivity index (χ1) is 8.19. The van der Waals surface area contributed by atoms with Gasteiger partial charge in [-0.25, -0.2) is 8.78 Å². The van der Waals surface area contributed by atoms with Gasteiger partial charge in [-0.3, -0.25) is 0 Å². The number of rotatable bonds is 2. The van der Waals surface area contributed by atoms with Gasteiger partial charge >= 0.3 is 0 Å². The van der Waals surface area contributed by atoms with Crippen molar-refractivity contribution in [3.05, 3.63) is 59.7 Å². The maximum atomic E-state index is 12.9. The van der Waals surface area contributed by atoms with Gasteiger partial charge in [0, 0.05) is 18.2 Å². The molecule has 84 valence electrons. The van der Waals surface area contributed by atoms with Crippen LogP contribution in [0.2, 0.25) is 0 Å². The van der Waals surface area contributed by atoms with E-state index in [1.54, 1.807) is 24.3 Å². The highest BCUT2D eigenvalue weighted by Crippen LogP contribution is 2.25. The minimum absolute atomic E-state index is 0.0187. The number of para-hydroxylation sites is 1. The van der Waals surface area contributed by atoms with E-state index in [1.165, 1.54) is 0 Å². The molecule has 0 saturated heterocycles. The van der Waals surface area contributed by atoms with Crippen LogP contribution >= 0.6 is 0 Å². The second-order valence-corrected chi connectivity index (χ2v) is 3.32. The van der Waals surface area contributed by atoms with Crippen molar-refractivity contribution in [3.8, 4) is 17.6 Å². The van der Waals surface area contributed by atoms with Crippen molar-refractivity contribution in [2.75, 3.05) is 0 Å². The lowest BCUT2D eigenvalue weighted by Gasteiger charge is -2.07. The maximum absolute atomic E-state index is 12.9. The standard InChI is InChI=1S/C13H7F2NO/c14-10-5-11(15)7-12(6-10)17-13-4-2-1-3-9(13)8-16/h1-7H. The predicted octanol–water partition coefficient (Wildman–Crippen LogP) is 3.63. The van der Waals surface area contributed by atoms with Crippen molar-refractivity contribution in [2.24, 2.45) is 0 Å². The first-order valence-electron chi connectivity index (χ1n) is 4.82. The van der Waals surface area contributed by atoms with Gasteiger partial charge in [0.2, 0.25) is 0 Å². The average Bonchev–Trinajstić information content (AvgIpc) is 2.28. The van der Waals surface area contributed by atoms with E-state index in [4.69, 9.17) is 10.00 Å². The number of hydrogen-bond donors (Lipinski definition) is 0. The molecule has 0 radical (unpaired) electrons. The number of hydrogen-bond acceptors (Lipinski definition) is 2. The van der Waals surface area contributed by atoms with Crippen LogP contribution in [0, 0.1) is 23.0 Å². The Morgan fingerprint density at radius 2 is 1.65 bits per heavy atom. The zero-order valence-electron chi connectivity index (χ0n) is 8.65. The van der Waals surface area contributed by atoms with Gasteiger partial charge in [-0.15, -0.1) is 0 Å². The van der Waals surface area contributed by atoms with Crippen LogP contribution in [0.25, 0.3) is 0 Å². The summed E-state index contributed by atoms with van der Waals surface area (Å²) in [4.78, 5) is 0. The van der Waals surface area contributed by atoms with E-state index < -0.39 is 11.6 Å². The molecule has 0 amide bonds. The summed E-state index contributed by atoms with van der Waals surface area (Å²) in [6.45, 7) is 0. The molecule has 0 N–H and O–H groups in total. The smallest absolute Gasteiger partial charge is 0.145 e. The van der Waals surface area contributed by atoms with Crippen LogP contribution in [0.5, 0.6) is 11.5 Å². The Hall–Kier alpha value is -2.41. The molecule has 0 aliphatic rings. The first kappa shape index (κ1) is 11.1. The van der Waals surface area contributed by atoms with Crippen molar-refractivity contribution in [2.45, 2.75) is 0 Å². The topological polar surface area (TPSA) is 33.0 Å². The van der Waals surface area contributed by atoms with E-state index in [-0.39, 0.29) is 11.5 Å². The Kier molecular flexibility index (Phi) is 3.01. The minimum atomic E-state index is -0.727. The number of halogens is 2. The van der Waals surface area contributed by atoms with Crippen LogP contribution in [-0.2, 0) is 0 Å². The summed E-state index contributed by atoms with van der Waals surface area (Å²) in [5.41, 5.74) is 0.303. The molecule has 4 heteroatoms. The number of benzene rings is 2. The first-order valence-corrected chi connectivity index (χ1v) is 4.82. The maximum Gasteiger partial charge on any atom is 0.145 e. The number of nitriles is 1. The molecule has 0 atom stereocenters. The average molecular weight is 231 g/mol. The number of nitrogens with zero attached hydrogens (tertiary/aromatic N) is 1. The fourth-order valence-corrected chi connectivity index (χ4v) is 1.36. The molecule has 0 heterocycles. The predicted molar refractivity (Wildman–Crippen MR) is 57.6 cm³/mol. The van der Waals surface area contributed by atoms with Crippen molar-refractivity contribution >= 4 is 0 Å². The Morgan fingerprint density at radius 3 is 2.29 bits per heavy atom. The van der Waals surface area contributed by atoms with E-state index in [0.29, 0.717) is 5.56 Å². The molecule has 2 aromatic rings. The van der Waals surface area contributed by atoms with Gasteiger partial charge in [0.05, 0.1) is 5.56 Å². The van der Waals surface area contributed by atoms with E-state index >= 15 is 0 Å². The van der Waals surface area contributed by atoms with Crippen molar-refractivity contribution in [1.82, 2.24) is 0 Å². The van der Waals surface area contributed by atoms with Gasteiger partial charge in [0.1, 0.15) is 29.2 Å². The van der Waals surface area contributed by atoms with Crippen molar-refractivity contribution in [3.63, 3.8) is 0 Å². The molecule has 0 fully saturated rings.